The first kappa shape index (κ1) is 22.6. The Morgan fingerprint density at radius 1 is 1.06 bits per heavy atom. The summed E-state index contributed by atoms with van der Waals surface area (Å²) in [7, 11) is 5.91. The maximum atomic E-state index is 9.52. The Kier molecular flexibility index (Phi) is 6.40. The molecule has 2 aliphatic heterocycles. The normalized spacial score (nSPS) is 21.6. The van der Waals surface area contributed by atoms with Crippen molar-refractivity contribution in [1.82, 2.24) is 14.9 Å². The van der Waals surface area contributed by atoms with E-state index in [1.807, 2.05) is 31.3 Å². The van der Waals surface area contributed by atoms with Crippen molar-refractivity contribution >= 4 is 35.7 Å². The van der Waals surface area contributed by atoms with Gasteiger partial charge in [-0.2, -0.15) is 5.26 Å². The highest BCUT2D eigenvalue weighted by Crippen LogP contribution is 2.30. The van der Waals surface area contributed by atoms with Crippen molar-refractivity contribution in [2.75, 3.05) is 55.6 Å². The third kappa shape index (κ3) is 4.72. The maximum absolute atomic E-state index is 9.52. The first-order valence-electron chi connectivity index (χ1n) is 11.9. The number of piperazine rings is 1. The number of morpholine rings is 1. The van der Waals surface area contributed by atoms with E-state index in [-0.39, 0.29) is 12.2 Å². The van der Waals surface area contributed by atoms with Crippen LogP contribution in [0.4, 0.5) is 11.4 Å². The smallest absolute Gasteiger partial charge is 0.141 e. The second-order valence-corrected chi connectivity index (χ2v) is 9.30. The Labute approximate surface area is 202 Å². The van der Waals surface area contributed by atoms with Crippen LogP contribution >= 0.6 is 0 Å². The molecular formula is C26H29BN6O. The van der Waals surface area contributed by atoms with E-state index in [0.717, 1.165) is 62.6 Å². The number of aryl methyl sites for hydroxylation is 1. The molecule has 2 saturated heterocycles. The number of ether oxygens (including phenoxy) is 1. The highest BCUT2D eigenvalue weighted by atomic mass is 16.5. The Morgan fingerprint density at radius 3 is 2.62 bits per heavy atom. The fourth-order valence-corrected chi connectivity index (χ4v) is 5.05. The molecule has 8 heteroatoms. The molecule has 2 aromatic heterocycles. The number of anilines is 2. The molecule has 5 rings (SSSR count). The number of nitriles is 1. The summed E-state index contributed by atoms with van der Waals surface area (Å²) in [6, 6.07) is 14.1. The lowest BCUT2D eigenvalue weighted by Crippen LogP contribution is -2.54. The first-order chi connectivity index (χ1) is 16.5. The fraction of sp³-hybridized carbons (Fsp3) is 0.423. The van der Waals surface area contributed by atoms with Gasteiger partial charge in [0.2, 0.25) is 0 Å². The number of fused-ring (bicyclic) bond motifs is 1. The molecule has 0 N–H and O–H groups in total. The van der Waals surface area contributed by atoms with Crippen molar-refractivity contribution in [3.05, 3.63) is 53.9 Å². The first-order valence-corrected chi connectivity index (χ1v) is 11.9. The Balaban J connectivity index is 1.27. The summed E-state index contributed by atoms with van der Waals surface area (Å²) in [4.78, 5) is 16.2. The quantitative estimate of drug-likeness (QED) is 0.561. The van der Waals surface area contributed by atoms with Gasteiger partial charge in [-0.05, 0) is 49.8 Å². The minimum absolute atomic E-state index is 0.115. The van der Waals surface area contributed by atoms with Crippen molar-refractivity contribution in [3.8, 4) is 6.07 Å². The molecule has 7 nitrogen and oxygen atoms in total. The zero-order valence-corrected chi connectivity index (χ0v) is 19.8. The predicted molar refractivity (Wildman–Crippen MR) is 136 cm³/mol. The van der Waals surface area contributed by atoms with Gasteiger partial charge in [0.15, 0.2) is 0 Å². The standard InChI is InChI=1S/C26H29BN6O/c1-18-3-5-21(14-29-18)32-11-9-31(10-12-32)16-22-17-33(15-19(2)34-22)24-7-4-20(13-28)26-23(24)6-8-25(27)30-26/h3-8,14,19,22H,9-12,15-17H2,1-2H3. The monoisotopic (exact) mass is 452 g/mol. The number of rotatable bonds is 4. The highest BCUT2D eigenvalue weighted by molar-refractivity contribution is 6.31. The van der Waals surface area contributed by atoms with Crippen LogP contribution in [0, 0.1) is 18.3 Å². The van der Waals surface area contributed by atoms with Gasteiger partial charge in [-0.3, -0.25) is 14.9 Å². The molecule has 2 atom stereocenters. The van der Waals surface area contributed by atoms with Crippen LogP contribution in [0.5, 0.6) is 0 Å². The largest absolute Gasteiger partial charge is 0.370 e. The zero-order valence-electron chi connectivity index (χ0n) is 19.8. The molecule has 0 spiro atoms. The van der Waals surface area contributed by atoms with E-state index in [1.165, 1.54) is 5.69 Å². The molecule has 1 aromatic carbocycles. The van der Waals surface area contributed by atoms with Gasteiger partial charge in [0.05, 0.1) is 35.2 Å². The summed E-state index contributed by atoms with van der Waals surface area (Å²) < 4.78 is 6.35. The summed E-state index contributed by atoms with van der Waals surface area (Å²) in [5.41, 5.74) is 4.96. The number of benzene rings is 1. The van der Waals surface area contributed by atoms with Gasteiger partial charge < -0.3 is 14.5 Å². The topological polar surface area (TPSA) is 68.5 Å². The summed E-state index contributed by atoms with van der Waals surface area (Å²) in [5, 5.41) is 10.5. The fourth-order valence-electron chi connectivity index (χ4n) is 5.05. The third-order valence-electron chi connectivity index (χ3n) is 6.74. The van der Waals surface area contributed by atoms with Gasteiger partial charge in [0, 0.05) is 62.6 Å². The van der Waals surface area contributed by atoms with Gasteiger partial charge in [0.25, 0.3) is 0 Å². The number of pyridine rings is 2. The minimum Gasteiger partial charge on any atom is -0.370 e. The van der Waals surface area contributed by atoms with Crippen LogP contribution in [0.2, 0.25) is 0 Å². The van der Waals surface area contributed by atoms with Crippen LogP contribution in [0.1, 0.15) is 18.2 Å². The molecule has 2 radical (unpaired) electrons. The molecular weight excluding hydrogens is 423 g/mol. The Hall–Kier alpha value is -3.15. The molecule has 34 heavy (non-hydrogen) atoms. The van der Waals surface area contributed by atoms with Crippen molar-refractivity contribution in [2.24, 2.45) is 0 Å². The maximum Gasteiger partial charge on any atom is 0.141 e. The molecule has 2 fully saturated rings. The van der Waals surface area contributed by atoms with E-state index < -0.39 is 0 Å². The zero-order chi connectivity index (χ0) is 23.7. The average molecular weight is 452 g/mol. The molecule has 2 aliphatic rings. The molecule has 0 amide bonds. The lowest BCUT2D eigenvalue weighted by Gasteiger charge is -2.42. The van der Waals surface area contributed by atoms with Crippen molar-refractivity contribution in [1.29, 1.82) is 5.26 Å². The summed E-state index contributed by atoms with van der Waals surface area (Å²) >= 11 is 0. The molecule has 172 valence electrons. The SMILES string of the molecule is [B]c1ccc2c(N3CC(C)OC(CN4CCN(c5ccc(C)nc5)CC4)C3)ccc(C#N)c2n1. The van der Waals surface area contributed by atoms with Crippen LogP contribution in [-0.2, 0) is 4.74 Å². The summed E-state index contributed by atoms with van der Waals surface area (Å²) in [5.74, 6) is 0. The van der Waals surface area contributed by atoms with E-state index in [2.05, 4.69) is 49.8 Å². The van der Waals surface area contributed by atoms with Crippen LogP contribution in [-0.4, -0.2) is 80.7 Å². The van der Waals surface area contributed by atoms with Crippen LogP contribution in [0.25, 0.3) is 10.9 Å². The average Bonchev–Trinajstić information content (AvgIpc) is 2.84. The molecule has 0 aliphatic carbocycles. The van der Waals surface area contributed by atoms with Gasteiger partial charge in [-0.1, -0.05) is 6.07 Å². The van der Waals surface area contributed by atoms with Gasteiger partial charge in [0.1, 0.15) is 13.9 Å². The number of hydrogen-bond acceptors (Lipinski definition) is 7. The predicted octanol–water partition coefficient (Wildman–Crippen LogP) is 2.02. The van der Waals surface area contributed by atoms with Crippen LogP contribution in [0.3, 0.4) is 0 Å². The molecule has 0 bridgehead atoms. The van der Waals surface area contributed by atoms with Crippen molar-refractivity contribution < 1.29 is 4.74 Å². The van der Waals surface area contributed by atoms with E-state index in [9.17, 15) is 5.26 Å². The number of nitrogens with zero attached hydrogens (tertiary/aromatic N) is 6. The Bertz CT molecular complexity index is 1200. The van der Waals surface area contributed by atoms with E-state index in [0.29, 0.717) is 16.7 Å². The lowest BCUT2D eigenvalue weighted by molar-refractivity contribution is -0.0327. The molecule has 4 heterocycles. The lowest BCUT2D eigenvalue weighted by atomic mass is 10.00. The Morgan fingerprint density at radius 2 is 1.88 bits per heavy atom. The number of hydrogen-bond donors (Lipinski definition) is 0. The van der Waals surface area contributed by atoms with E-state index >= 15 is 0 Å². The van der Waals surface area contributed by atoms with Crippen molar-refractivity contribution in [2.45, 2.75) is 26.1 Å². The summed E-state index contributed by atoms with van der Waals surface area (Å²) in [6.07, 6.45) is 2.20. The number of aromatic nitrogens is 2. The van der Waals surface area contributed by atoms with Crippen LogP contribution in [0.15, 0.2) is 42.6 Å². The second kappa shape index (κ2) is 9.61. The summed E-state index contributed by atoms with van der Waals surface area (Å²) in [6.45, 7) is 10.6. The van der Waals surface area contributed by atoms with Crippen LogP contribution < -0.4 is 15.4 Å². The molecule has 2 unspecified atom stereocenters. The second-order valence-electron chi connectivity index (χ2n) is 9.30. The molecule has 3 aromatic rings. The van der Waals surface area contributed by atoms with Gasteiger partial charge in [-0.25, -0.2) is 0 Å². The van der Waals surface area contributed by atoms with Gasteiger partial charge in [-0.15, -0.1) is 0 Å². The van der Waals surface area contributed by atoms with E-state index in [1.54, 1.807) is 6.07 Å². The van der Waals surface area contributed by atoms with Crippen molar-refractivity contribution in [3.63, 3.8) is 0 Å². The third-order valence-corrected chi connectivity index (χ3v) is 6.74. The minimum atomic E-state index is 0.115. The highest BCUT2D eigenvalue weighted by Gasteiger charge is 2.29. The van der Waals surface area contributed by atoms with E-state index in [4.69, 9.17) is 12.6 Å². The van der Waals surface area contributed by atoms with Gasteiger partial charge >= 0.3 is 0 Å². The molecule has 0 saturated carbocycles.